The van der Waals surface area contributed by atoms with Crippen molar-refractivity contribution in [2.24, 2.45) is 11.3 Å². The quantitative estimate of drug-likeness (QED) is 0.604. The van der Waals surface area contributed by atoms with Crippen LogP contribution in [0.2, 0.25) is 0 Å². The van der Waals surface area contributed by atoms with Crippen LogP contribution in [0.15, 0.2) is 0 Å². The molecule has 1 saturated heterocycles. The molecule has 0 N–H and O–H groups in total. The summed E-state index contributed by atoms with van der Waals surface area (Å²) in [4.78, 5) is 13.8. The highest BCUT2D eigenvalue weighted by atomic mass is 16.6. The summed E-state index contributed by atoms with van der Waals surface area (Å²) in [7, 11) is 0. The summed E-state index contributed by atoms with van der Waals surface area (Å²) in [5.41, 5.74) is -0.208. The van der Waals surface area contributed by atoms with Gasteiger partial charge in [-0.15, -0.1) is 12.3 Å². The van der Waals surface area contributed by atoms with Crippen molar-refractivity contribution in [3.05, 3.63) is 0 Å². The van der Waals surface area contributed by atoms with Crippen molar-refractivity contribution in [1.82, 2.24) is 4.90 Å². The number of carbonyl (C=O) groups excluding carboxylic acids is 1. The number of hydrogen-bond donors (Lipinski definition) is 0. The Hall–Kier alpha value is -1.17. The van der Waals surface area contributed by atoms with E-state index in [-0.39, 0.29) is 11.5 Å². The van der Waals surface area contributed by atoms with Crippen molar-refractivity contribution >= 4 is 6.09 Å². The van der Waals surface area contributed by atoms with Gasteiger partial charge in [-0.3, -0.25) is 0 Å². The molecule has 2 aliphatic rings. The zero-order chi connectivity index (χ0) is 12.7. The van der Waals surface area contributed by atoms with Crippen LogP contribution < -0.4 is 0 Å². The van der Waals surface area contributed by atoms with E-state index < -0.39 is 5.60 Å². The van der Waals surface area contributed by atoms with Gasteiger partial charge in [-0.1, -0.05) is 0 Å². The predicted molar refractivity (Wildman–Crippen MR) is 66.4 cm³/mol. The molecule has 1 aliphatic heterocycles. The summed E-state index contributed by atoms with van der Waals surface area (Å²) in [6, 6.07) is 0. The maximum absolute atomic E-state index is 12.0. The second-order valence-corrected chi connectivity index (χ2v) is 6.29. The first-order valence-corrected chi connectivity index (χ1v) is 6.30. The molecular formula is C14H21NO2. The average molecular weight is 235 g/mol. The van der Waals surface area contributed by atoms with Gasteiger partial charge < -0.3 is 9.64 Å². The van der Waals surface area contributed by atoms with Gasteiger partial charge in [-0.25, -0.2) is 4.79 Å². The van der Waals surface area contributed by atoms with Crippen LogP contribution in [0.1, 0.15) is 40.0 Å². The van der Waals surface area contributed by atoms with E-state index in [0.29, 0.717) is 5.92 Å². The molecular weight excluding hydrogens is 214 g/mol. The van der Waals surface area contributed by atoms with E-state index in [9.17, 15) is 4.79 Å². The van der Waals surface area contributed by atoms with Gasteiger partial charge in [0.05, 0.1) is 0 Å². The minimum Gasteiger partial charge on any atom is -0.444 e. The van der Waals surface area contributed by atoms with Crippen molar-refractivity contribution in [3.63, 3.8) is 0 Å². The number of rotatable bonds is 0. The molecule has 94 valence electrons. The van der Waals surface area contributed by atoms with E-state index in [0.717, 1.165) is 32.4 Å². The number of carbonyl (C=O) groups is 1. The third-order valence-corrected chi connectivity index (χ3v) is 3.65. The van der Waals surface area contributed by atoms with Crippen LogP contribution in [0.25, 0.3) is 0 Å². The maximum Gasteiger partial charge on any atom is 0.410 e. The molecule has 3 nitrogen and oxygen atoms in total. The normalized spacial score (nSPS) is 32.1. The van der Waals surface area contributed by atoms with Gasteiger partial charge in [0, 0.05) is 24.4 Å². The molecule has 2 unspecified atom stereocenters. The van der Waals surface area contributed by atoms with Crippen LogP contribution in [0, 0.1) is 23.7 Å². The molecule has 17 heavy (non-hydrogen) atoms. The Balaban J connectivity index is 1.95. The van der Waals surface area contributed by atoms with Gasteiger partial charge in [-0.2, -0.15) is 0 Å². The minimum absolute atomic E-state index is 0.195. The van der Waals surface area contributed by atoms with Crippen molar-refractivity contribution in [2.45, 2.75) is 45.6 Å². The molecule has 2 fully saturated rings. The number of likely N-dealkylation sites (tertiary alicyclic amines) is 1. The largest absolute Gasteiger partial charge is 0.444 e. The molecule has 0 aromatic rings. The fourth-order valence-corrected chi connectivity index (χ4v) is 2.68. The van der Waals surface area contributed by atoms with Crippen LogP contribution >= 0.6 is 0 Å². The number of terminal acetylenes is 1. The molecule has 1 heterocycles. The molecule has 0 aromatic carbocycles. The third kappa shape index (κ3) is 2.57. The highest BCUT2D eigenvalue weighted by Crippen LogP contribution is 2.57. The Morgan fingerprint density at radius 2 is 2.24 bits per heavy atom. The lowest BCUT2D eigenvalue weighted by atomic mass is 9.93. The summed E-state index contributed by atoms with van der Waals surface area (Å²) in [5.74, 6) is 3.20. The Bertz CT molecular complexity index is 363. The van der Waals surface area contributed by atoms with Crippen molar-refractivity contribution < 1.29 is 9.53 Å². The van der Waals surface area contributed by atoms with Gasteiger partial charge in [0.1, 0.15) is 5.60 Å². The monoisotopic (exact) mass is 235 g/mol. The van der Waals surface area contributed by atoms with Gasteiger partial charge in [0.25, 0.3) is 0 Å². The zero-order valence-electron chi connectivity index (χ0n) is 11.0. The molecule has 2 atom stereocenters. The van der Waals surface area contributed by atoms with Gasteiger partial charge >= 0.3 is 6.09 Å². The number of nitrogens with zero attached hydrogens (tertiary/aromatic N) is 1. The van der Waals surface area contributed by atoms with E-state index in [2.05, 4.69) is 5.92 Å². The third-order valence-electron chi connectivity index (χ3n) is 3.65. The standard InChI is InChI=1S/C14H21NO2/c1-5-11-9-14(11)7-6-8-15(10-14)12(16)17-13(2,3)4/h1,11H,6-10H2,2-4H3. The summed E-state index contributed by atoms with van der Waals surface area (Å²) >= 11 is 0. The second-order valence-electron chi connectivity index (χ2n) is 6.29. The first-order chi connectivity index (χ1) is 7.86. The number of amides is 1. The smallest absolute Gasteiger partial charge is 0.410 e. The van der Waals surface area contributed by atoms with Crippen LogP contribution in [0.3, 0.4) is 0 Å². The Morgan fingerprint density at radius 1 is 1.53 bits per heavy atom. The first-order valence-electron chi connectivity index (χ1n) is 6.30. The predicted octanol–water partition coefficient (Wildman–Crippen LogP) is 2.66. The van der Waals surface area contributed by atoms with Gasteiger partial charge in [0.15, 0.2) is 0 Å². The minimum atomic E-state index is -0.420. The molecule has 0 bridgehead atoms. The van der Waals surface area contributed by atoms with E-state index >= 15 is 0 Å². The Morgan fingerprint density at radius 3 is 2.76 bits per heavy atom. The van der Waals surface area contributed by atoms with Crippen molar-refractivity contribution in [3.8, 4) is 12.3 Å². The van der Waals surface area contributed by atoms with E-state index in [1.54, 1.807) is 0 Å². The Kier molecular flexibility index (Phi) is 2.85. The van der Waals surface area contributed by atoms with Crippen LogP contribution in [-0.2, 0) is 4.74 Å². The molecule has 1 aliphatic carbocycles. The molecule has 0 radical (unpaired) electrons. The number of piperidine rings is 1. The molecule has 1 saturated carbocycles. The van der Waals surface area contributed by atoms with Crippen LogP contribution in [-0.4, -0.2) is 29.7 Å². The summed E-state index contributed by atoms with van der Waals surface area (Å²) in [6.45, 7) is 7.26. The highest BCUT2D eigenvalue weighted by Gasteiger charge is 2.55. The van der Waals surface area contributed by atoms with E-state index in [1.165, 1.54) is 0 Å². The topological polar surface area (TPSA) is 29.5 Å². The van der Waals surface area contributed by atoms with Gasteiger partial charge in [-0.05, 0) is 40.0 Å². The van der Waals surface area contributed by atoms with Crippen molar-refractivity contribution in [2.75, 3.05) is 13.1 Å². The molecule has 1 spiro atoms. The summed E-state index contributed by atoms with van der Waals surface area (Å²) < 4.78 is 5.40. The van der Waals surface area contributed by atoms with Gasteiger partial charge in [0.2, 0.25) is 0 Å². The SMILES string of the molecule is C#CC1CC12CCCN(C(=O)OC(C)(C)C)C2. The highest BCUT2D eigenvalue weighted by molar-refractivity contribution is 5.68. The molecule has 2 rings (SSSR count). The van der Waals surface area contributed by atoms with E-state index in [1.807, 2.05) is 25.7 Å². The first kappa shape index (κ1) is 12.3. The summed E-state index contributed by atoms with van der Waals surface area (Å²) in [5, 5.41) is 0. The molecule has 3 heteroatoms. The van der Waals surface area contributed by atoms with E-state index in [4.69, 9.17) is 11.2 Å². The molecule has 0 aromatic heterocycles. The number of ether oxygens (including phenoxy) is 1. The fourth-order valence-electron chi connectivity index (χ4n) is 2.68. The summed E-state index contributed by atoms with van der Waals surface area (Å²) in [6.07, 6.45) is 8.55. The fraction of sp³-hybridized carbons (Fsp3) is 0.786. The maximum atomic E-state index is 12.0. The van der Waals surface area contributed by atoms with Crippen molar-refractivity contribution in [1.29, 1.82) is 0 Å². The second kappa shape index (κ2) is 3.94. The lowest BCUT2D eigenvalue weighted by Crippen LogP contribution is -2.44. The average Bonchev–Trinajstić information content (AvgIpc) is 2.88. The lowest BCUT2D eigenvalue weighted by molar-refractivity contribution is 0.0142. The Labute approximate surface area is 104 Å². The van der Waals surface area contributed by atoms with Crippen LogP contribution in [0.5, 0.6) is 0 Å². The zero-order valence-corrected chi connectivity index (χ0v) is 11.0. The molecule has 1 amide bonds. The number of hydrogen-bond acceptors (Lipinski definition) is 2. The lowest BCUT2D eigenvalue weighted by Gasteiger charge is -2.34. The van der Waals surface area contributed by atoms with Crippen LogP contribution in [0.4, 0.5) is 4.79 Å².